The van der Waals surface area contributed by atoms with E-state index < -0.39 is 11.4 Å². The molecular formula is C11H13BrFNO2S. The van der Waals surface area contributed by atoms with Gasteiger partial charge in [0.2, 0.25) is 0 Å². The van der Waals surface area contributed by atoms with E-state index in [0.717, 1.165) is 11.8 Å². The van der Waals surface area contributed by atoms with Crippen LogP contribution in [0.1, 0.15) is 20.8 Å². The first-order chi connectivity index (χ1) is 7.78. The maximum atomic E-state index is 13.4. The molecule has 94 valence electrons. The van der Waals surface area contributed by atoms with E-state index in [0.29, 0.717) is 4.47 Å². The number of ether oxygens (including phenoxy) is 1. The molecule has 0 amide bonds. The highest BCUT2D eigenvalue weighted by Crippen LogP contribution is 2.22. The zero-order valence-corrected chi connectivity index (χ0v) is 12.2. The third kappa shape index (κ3) is 5.50. The van der Waals surface area contributed by atoms with Gasteiger partial charge in [-0.3, -0.25) is 4.79 Å². The maximum absolute atomic E-state index is 13.4. The fourth-order valence-electron chi connectivity index (χ4n) is 1.01. The lowest BCUT2D eigenvalue weighted by atomic mass is 10.2. The minimum atomic E-state index is -0.524. The van der Waals surface area contributed by atoms with Crippen molar-refractivity contribution in [3.05, 3.63) is 22.6 Å². The zero-order chi connectivity index (χ0) is 13.1. The molecule has 0 aliphatic rings. The summed E-state index contributed by atoms with van der Waals surface area (Å²) in [6.45, 7) is 5.36. The molecular weight excluding hydrogens is 309 g/mol. The van der Waals surface area contributed by atoms with Crippen molar-refractivity contribution >= 4 is 33.7 Å². The van der Waals surface area contributed by atoms with Gasteiger partial charge >= 0.3 is 5.97 Å². The number of hydrogen-bond donors (Lipinski definition) is 0. The van der Waals surface area contributed by atoms with Crippen LogP contribution in [0.3, 0.4) is 0 Å². The Hall–Kier alpha value is -0.620. The van der Waals surface area contributed by atoms with E-state index in [4.69, 9.17) is 4.74 Å². The average molecular weight is 322 g/mol. The molecule has 1 aromatic rings. The maximum Gasteiger partial charge on any atom is 0.316 e. The molecule has 0 aromatic carbocycles. The third-order valence-electron chi connectivity index (χ3n) is 1.52. The van der Waals surface area contributed by atoms with Crippen molar-refractivity contribution in [1.29, 1.82) is 0 Å². The molecule has 0 spiro atoms. The molecule has 1 aromatic heterocycles. The Kier molecular flexibility index (Phi) is 4.94. The number of esters is 1. The standard InChI is InChI=1S/C11H13BrFNO2S/c1-11(2,3)16-9(15)6-17-10-8(13)4-7(12)5-14-10/h4-5H,6H2,1-3H3. The lowest BCUT2D eigenvalue weighted by Gasteiger charge is -2.19. The first-order valence-corrected chi connectivity index (χ1v) is 6.71. The Morgan fingerprint density at radius 2 is 2.24 bits per heavy atom. The SMILES string of the molecule is CC(C)(C)OC(=O)CSc1ncc(Br)cc1F. The normalized spacial score (nSPS) is 11.4. The van der Waals surface area contributed by atoms with Gasteiger partial charge in [-0.05, 0) is 42.8 Å². The van der Waals surface area contributed by atoms with Crippen LogP contribution in [0.2, 0.25) is 0 Å². The number of pyridine rings is 1. The van der Waals surface area contributed by atoms with Crippen LogP contribution in [0.25, 0.3) is 0 Å². The first kappa shape index (κ1) is 14.4. The summed E-state index contributed by atoms with van der Waals surface area (Å²) in [5.41, 5.74) is -0.524. The summed E-state index contributed by atoms with van der Waals surface area (Å²) in [7, 11) is 0. The van der Waals surface area contributed by atoms with Gasteiger partial charge in [0.15, 0.2) is 5.82 Å². The fourth-order valence-corrected chi connectivity index (χ4v) is 1.95. The number of halogens is 2. The third-order valence-corrected chi connectivity index (χ3v) is 2.91. The van der Waals surface area contributed by atoms with E-state index in [1.54, 1.807) is 20.8 Å². The molecule has 6 heteroatoms. The fraction of sp³-hybridized carbons (Fsp3) is 0.455. The molecule has 0 N–H and O–H groups in total. The van der Waals surface area contributed by atoms with Crippen molar-refractivity contribution in [2.24, 2.45) is 0 Å². The van der Waals surface area contributed by atoms with Crippen LogP contribution in [0.4, 0.5) is 4.39 Å². The van der Waals surface area contributed by atoms with Gasteiger partial charge in [0, 0.05) is 10.7 Å². The van der Waals surface area contributed by atoms with E-state index in [1.807, 2.05) is 0 Å². The van der Waals surface area contributed by atoms with E-state index >= 15 is 0 Å². The lowest BCUT2D eigenvalue weighted by Crippen LogP contribution is -2.24. The second kappa shape index (κ2) is 5.82. The highest BCUT2D eigenvalue weighted by atomic mass is 79.9. The predicted octanol–water partition coefficient (Wildman–Crippen LogP) is 3.42. The molecule has 1 rings (SSSR count). The monoisotopic (exact) mass is 321 g/mol. The Balaban J connectivity index is 2.53. The van der Waals surface area contributed by atoms with Gasteiger partial charge in [-0.1, -0.05) is 11.8 Å². The quantitative estimate of drug-likeness (QED) is 0.631. The van der Waals surface area contributed by atoms with Crippen molar-refractivity contribution in [3.63, 3.8) is 0 Å². The highest BCUT2D eigenvalue weighted by molar-refractivity contribution is 9.10. The minimum absolute atomic E-state index is 0.0445. The molecule has 0 saturated carbocycles. The number of nitrogens with zero attached hydrogens (tertiary/aromatic N) is 1. The number of aromatic nitrogens is 1. The molecule has 1 heterocycles. The molecule has 0 aliphatic heterocycles. The topological polar surface area (TPSA) is 39.2 Å². The van der Waals surface area contributed by atoms with Gasteiger partial charge in [0.25, 0.3) is 0 Å². The first-order valence-electron chi connectivity index (χ1n) is 4.93. The minimum Gasteiger partial charge on any atom is -0.459 e. The molecule has 0 saturated heterocycles. The zero-order valence-electron chi connectivity index (χ0n) is 9.79. The second-order valence-electron chi connectivity index (χ2n) is 4.32. The van der Waals surface area contributed by atoms with Gasteiger partial charge in [0.1, 0.15) is 10.6 Å². The van der Waals surface area contributed by atoms with Crippen molar-refractivity contribution in [2.45, 2.75) is 31.4 Å². The predicted molar refractivity (Wildman–Crippen MR) is 68.5 cm³/mol. The summed E-state index contributed by atoms with van der Waals surface area (Å²) >= 11 is 4.14. The summed E-state index contributed by atoms with van der Waals surface area (Å²) < 4.78 is 19.0. The summed E-state index contributed by atoms with van der Waals surface area (Å²) in [4.78, 5) is 15.3. The molecule has 0 aliphatic carbocycles. The van der Waals surface area contributed by atoms with Gasteiger partial charge < -0.3 is 4.74 Å². The Labute approximate surface area is 112 Å². The summed E-state index contributed by atoms with van der Waals surface area (Å²) in [6.07, 6.45) is 1.49. The number of carbonyl (C=O) groups is 1. The smallest absolute Gasteiger partial charge is 0.316 e. The molecule has 0 fully saturated rings. The lowest BCUT2D eigenvalue weighted by molar-refractivity contribution is -0.151. The highest BCUT2D eigenvalue weighted by Gasteiger charge is 2.17. The van der Waals surface area contributed by atoms with Crippen LogP contribution >= 0.6 is 27.7 Å². The molecule has 3 nitrogen and oxygen atoms in total. The Bertz CT molecular complexity index is 420. The summed E-state index contributed by atoms with van der Waals surface area (Å²) in [6, 6.07) is 1.31. The van der Waals surface area contributed by atoms with Crippen LogP contribution < -0.4 is 0 Å². The Morgan fingerprint density at radius 1 is 1.59 bits per heavy atom. The van der Waals surface area contributed by atoms with Crippen LogP contribution in [-0.2, 0) is 9.53 Å². The van der Waals surface area contributed by atoms with Crippen molar-refractivity contribution in [1.82, 2.24) is 4.98 Å². The van der Waals surface area contributed by atoms with Gasteiger partial charge in [-0.15, -0.1) is 0 Å². The molecule has 0 unspecified atom stereocenters. The van der Waals surface area contributed by atoms with E-state index in [1.165, 1.54) is 12.3 Å². The number of carbonyl (C=O) groups excluding carboxylic acids is 1. The Morgan fingerprint density at radius 3 is 2.76 bits per heavy atom. The summed E-state index contributed by atoms with van der Waals surface area (Å²) in [5.74, 6) is -0.789. The van der Waals surface area contributed by atoms with E-state index in [2.05, 4.69) is 20.9 Å². The van der Waals surface area contributed by atoms with Gasteiger partial charge in [-0.25, -0.2) is 9.37 Å². The van der Waals surface area contributed by atoms with Crippen LogP contribution in [0, 0.1) is 5.82 Å². The van der Waals surface area contributed by atoms with Crippen LogP contribution in [0.5, 0.6) is 0 Å². The van der Waals surface area contributed by atoms with Crippen molar-refractivity contribution in [3.8, 4) is 0 Å². The van der Waals surface area contributed by atoms with Crippen molar-refractivity contribution in [2.75, 3.05) is 5.75 Å². The summed E-state index contributed by atoms with van der Waals surface area (Å²) in [5, 5.41) is 0.194. The molecule has 0 atom stereocenters. The number of hydrogen-bond acceptors (Lipinski definition) is 4. The number of thioether (sulfide) groups is 1. The van der Waals surface area contributed by atoms with Crippen LogP contribution in [-0.4, -0.2) is 22.3 Å². The number of rotatable bonds is 3. The van der Waals surface area contributed by atoms with E-state index in [-0.39, 0.29) is 16.7 Å². The average Bonchev–Trinajstić information content (AvgIpc) is 2.13. The van der Waals surface area contributed by atoms with E-state index in [9.17, 15) is 9.18 Å². The molecule has 17 heavy (non-hydrogen) atoms. The van der Waals surface area contributed by atoms with Crippen molar-refractivity contribution < 1.29 is 13.9 Å². The second-order valence-corrected chi connectivity index (χ2v) is 6.20. The molecule has 0 radical (unpaired) electrons. The van der Waals surface area contributed by atoms with Gasteiger partial charge in [0.05, 0.1) is 5.75 Å². The molecule has 0 bridgehead atoms. The van der Waals surface area contributed by atoms with Gasteiger partial charge in [-0.2, -0.15) is 0 Å². The van der Waals surface area contributed by atoms with Crippen LogP contribution in [0.15, 0.2) is 21.8 Å². The largest absolute Gasteiger partial charge is 0.459 e.